The van der Waals surface area contributed by atoms with Gasteiger partial charge in [0.15, 0.2) is 0 Å². The molecule has 4 heteroatoms. The van der Waals surface area contributed by atoms with Crippen molar-refractivity contribution in [2.24, 2.45) is 5.11 Å². The molecule has 0 spiro atoms. The molecular formula is C10H9N3O. The zero-order valence-corrected chi connectivity index (χ0v) is 7.98. The summed E-state index contributed by atoms with van der Waals surface area (Å²) in [6.45, 7) is 3.81. The zero-order chi connectivity index (χ0) is 10.1. The number of furan rings is 1. The van der Waals surface area contributed by atoms with Crippen LogP contribution in [0.4, 0.5) is 5.69 Å². The highest BCUT2D eigenvalue weighted by molar-refractivity contribution is 5.90. The smallest absolute Gasteiger partial charge is 0.134 e. The van der Waals surface area contributed by atoms with Crippen molar-refractivity contribution in [2.75, 3.05) is 0 Å². The Bertz CT molecular complexity index is 536. The summed E-state index contributed by atoms with van der Waals surface area (Å²) in [5, 5.41) is 4.50. The number of benzene rings is 1. The lowest BCUT2D eigenvalue weighted by atomic mass is 10.1. The van der Waals surface area contributed by atoms with Gasteiger partial charge in [0.2, 0.25) is 0 Å². The monoisotopic (exact) mass is 187 g/mol. The molecule has 14 heavy (non-hydrogen) atoms. The second-order valence-corrected chi connectivity index (χ2v) is 3.24. The van der Waals surface area contributed by atoms with Crippen molar-refractivity contribution in [1.29, 1.82) is 0 Å². The summed E-state index contributed by atoms with van der Waals surface area (Å²) in [6.07, 6.45) is 0. The molecule has 0 aliphatic heterocycles. The van der Waals surface area contributed by atoms with Crippen LogP contribution in [0, 0.1) is 13.8 Å². The van der Waals surface area contributed by atoms with Crippen molar-refractivity contribution in [2.45, 2.75) is 13.8 Å². The Morgan fingerprint density at radius 3 is 2.79 bits per heavy atom. The predicted molar refractivity (Wildman–Crippen MR) is 54.5 cm³/mol. The molecule has 70 valence electrons. The van der Waals surface area contributed by atoms with Crippen LogP contribution in [0.15, 0.2) is 27.7 Å². The summed E-state index contributed by atoms with van der Waals surface area (Å²) in [6, 6.07) is 5.65. The van der Waals surface area contributed by atoms with Crippen LogP contribution < -0.4 is 0 Å². The van der Waals surface area contributed by atoms with E-state index < -0.39 is 0 Å². The highest BCUT2D eigenvalue weighted by atomic mass is 16.3. The lowest BCUT2D eigenvalue weighted by Crippen LogP contribution is -1.71. The SMILES string of the molecule is Cc1cc(N=[N+]=[N-])c2cc(C)oc2c1. The summed E-state index contributed by atoms with van der Waals surface area (Å²) in [4.78, 5) is 2.79. The molecule has 4 nitrogen and oxygen atoms in total. The first-order valence-electron chi connectivity index (χ1n) is 4.26. The summed E-state index contributed by atoms with van der Waals surface area (Å²) in [7, 11) is 0. The number of azide groups is 1. The number of nitrogens with zero attached hydrogens (tertiary/aromatic N) is 3. The van der Waals surface area contributed by atoms with Crippen LogP contribution in [-0.4, -0.2) is 0 Å². The molecule has 0 saturated carbocycles. The van der Waals surface area contributed by atoms with Gasteiger partial charge >= 0.3 is 0 Å². The van der Waals surface area contributed by atoms with E-state index in [0.717, 1.165) is 22.3 Å². The molecule has 0 unspecified atom stereocenters. The van der Waals surface area contributed by atoms with Crippen molar-refractivity contribution in [3.63, 3.8) is 0 Å². The van der Waals surface area contributed by atoms with Gasteiger partial charge in [0.1, 0.15) is 11.3 Å². The molecule has 0 atom stereocenters. The fourth-order valence-corrected chi connectivity index (χ4v) is 1.51. The molecule has 0 aliphatic carbocycles. The van der Waals surface area contributed by atoms with Gasteiger partial charge in [0, 0.05) is 16.0 Å². The van der Waals surface area contributed by atoms with E-state index in [1.807, 2.05) is 32.0 Å². The Balaban J connectivity index is 2.85. The quantitative estimate of drug-likeness (QED) is 0.378. The molecule has 0 N–H and O–H groups in total. The topological polar surface area (TPSA) is 61.9 Å². The van der Waals surface area contributed by atoms with Crippen LogP contribution in [0.1, 0.15) is 11.3 Å². The van der Waals surface area contributed by atoms with Gasteiger partial charge in [-0.2, -0.15) is 0 Å². The average molecular weight is 187 g/mol. The highest BCUT2D eigenvalue weighted by Crippen LogP contribution is 2.30. The second-order valence-electron chi connectivity index (χ2n) is 3.24. The molecule has 0 saturated heterocycles. The van der Waals surface area contributed by atoms with Crippen molar-refractivity contribution >= 4 is 16.7 Å². The summed E-state index contributed by atoms with van der Waals surface area (Å²) in [5.41, 5.74) is 10.8. The highest BCUT2D eigenvalue weighted by Gasteiger charge is 2.05. The van der Waals surface area contributed by atoms with E-state index in [1.165, 1.54) is 0 Å². The van der Waals surface area contributed by atoms with Crippen LogP contribution in [0.2, 0.25) is 0 Å². The molecule has 1 aromatic carbocycles. The normalized spacial score (nSPS) is 10.1. The largest absolute Gasteiger partial charge is 0.461 e. The molecular weight excluding hydrogens is 178 g/mol. The van der Waals surface area contributed by atoms with Gasteiger partial charge in [-0.1, -0.05) is 5.11 Å². The fraction of sp³-hybridized carbons (Fsp3) is 0.200. The molecule has 2 rings (SSSR count). The Morgan fingerprint density at radius 1 is 1.29 bits per heavy atom. The first kappa shape index (κ1) is 8.66. The van der Waals surface area contributed by atoms with Crippen LogP contribution in [0.25, 0.3) is 21.4 Å². The Labute approximate surface area is 80.8 Å². The lowest BCUT2D eigenvalue weighted by molar-refractivity contribution is 0.578. The van der Waals surface area contributed by atoms with Crippen molar-refractivity contribution in [3.8, 4) is 0 Å². The summed E-state index contributed by atoms with van der Waals surface area (Å²) in [5.74, 6) is 0.819. The molecule has 0 aliphatic rings. The molecule has 0 amide bonds. The second kappa shape index (κ2) is 3.09. The van der Waals surface area contributed by atoms with E-state index in [2.05, 4.69) is 10.0 Å². The van der Waals surface area contributed by atoms with Gasteiger partial charge in [-0.25, -0.2) is 0 Å². The number of aryl methyl sites for hydroxylation is 2. The first-order chi connectivity index (χ1) is 6.70. The minimum absolute atomic E-state index is 0.624. The summed E-state index contributed by atoms with van der Waals surface area (Å²) < 4.78 is 5.45. The zero-order valence-electron chi connectivity index (χ0n) is 7.98. The van der Waals surface area contributed by atoms with Gasteiger partial charge < -0.3 is 4.42 Å². The van der Waals surface area contributed by atoms with Gasteiger partial charge in [-0.15, -0.1) is 0 Å². The minimum atomic E-state index is 0.624. The third-order valence-electron chi connectivity index (χ3n) is 2.04. The van der Waals surface area contributed by atoms with E-state index in [-0.39, 0.29) is 0 Å². The van der Waals surface area contributed by atoms with E-state index in [0.29, 0.717) is 5.69 Å². The Morgan fingerprint density at radius 2 is 2.07 bits per heavy atom. The molecule has 1 heterocycles. The maximum atomic E-state index is 8.40. The Hall–Kier alpha value is -1.93. The van der Waals surface area contributed by atoms with E-state index in [4.69, 9.17) is 9.95 Å². The molecule has 0 radical (unpaired) electrons. The van der Waals surface area contributed by atoms with Crippen LogP contribution in [0.5, 0.6) is 0 Å². The summed E-state index contributed by atoms with van der Waals surface area (Å²) >= 11 is 0. The predicted octanol–water partition coefficient (Wildman–Crippen LogP) is 3.99. The standard InChI is InChI=1S/C10H9N3O/c1-6-3-9(12-13-11)8-5-7(2)14-10(8)4-6/h3-5H,1-2H3. The molecule has 1 aromatic heterocycles. The van der Waals surface area contributed by atoms with Gasteiger partial charge in [0.05, 0.1) is 0 Å². The first-order valence-corrected chi connectivity index (χ1v) is 4.26. The maximum Gasteiger partial charge on any atom is 0.134 e. The van der Waals surface area contributed by atoms with Crippen LogP contribution >= 0.6 is 0 Å². The minimum Gasteiger partial charge on any atom is -0.461 e. The van der Waals surface area contributed by atoms with Crippen LogP contribution in [0.3, 0.4) is 0 Å². The number of fused-ring (bicyclic) bond motifs is 1. The lowest BCUT2D eigenvalue weighted by Gasteiger charge is -1.96. The average Bonchev–Trinajstić information content (AvgIpc) is 2.45. The molecule has 2 aromatic rings. The van der Waals surface area contributed by atoms with Gasteiger partial charge in [-0.05, 0) is 43.1 Å². The molecule has 0 bridgehead atoms. The van der Waals surface area contributed by atoms with E-state index in [1.54, 1.807) is 0 Å². The van der Waals surface area contributed by atoms with E-state index in [9.17, 15) is 0 Å². The van der Waals surface area contributed by atoms with Crippen molar-refractivity contribution < 1.29 is 4.42 Å². The van der Waals surface area contributed by atoms with Crippen molar-refractivity contribution in [3.05, 3.63) is 40.0 Å². The van der Waals surface area contributed by atoms with Gasteiger partial charge in [0.25, 0.3) is 0 Å². The Kier molecular flexibility index (Phi) is 1.91. The third kappa shape index (κ3) is 1.32. The van der Waals surface area contributed by atoms with E-state index >= 15 is 0 Å². The number of hydrogen-bond donors (Lipinski definition) is 0. The third-order valence-corrected chi connectivity index (χ3v) is 2.04. The van der Waals surface area contributed by atoms with Crippen LogP contribution in [-0.2, 0) is 0 Å². The molecule has 0 fully saturated rings. The van der Waals surface area contributed by atoms with Crippen molar-refractivity contribution in [1.82, 2.24) is 0 Å². The van der Waals surface area contributed by atoms with Gasteiger partial charge in [-0.3, -0.25) is 0 Å². The maximum absolute atomic E-state index is 8.40. The number of hydrogen-bond acceptors (Lipinski definition) is 2. The fourth-order valence-electron chi connectivity index (χ4n) is 1.51. The number of rotatable bonds is 1.